The van der Waals surface area contributed by atoms with Crippen LogP contribution in [0.15, 0.2) is 48.5 Å². The molecule has 0 fully saturated rings. The molecule has 0 unspecified atom stereocenters. The number of hydrogen-bond donors (Lipinski definition) is 2. The minimum atomic E-state index is -0.0313. The normalized spacial score (nSPS) is 11.3. The molecule has 3 heteroatoms. The Hall–Kier alpha value is -2.29. The Kier molecular flexibility index (Phi) is 5.43. The van der Waals surface area contributed by atoms with Gasteiger partial charge >= 0.3 is 0 Å². The summed E-state index contributed by atoms with van der Waals surface area (Å²) in [5, 5.41) is 12.2. The molecule has 2 aromatic rings. The van der Waals surface area contributed by atoms with E-state index < -0.39 is 0 Å². The average Bonchev–Trinajstić information content (AvgIpc) is 2.52. The minimum absolute atomic E-state index is 0.0313. The van der Waals surface area contributed by atoms with Gasteiger partial charge in [-0.25, -0.2) is 0 Å². The van der Waals surface area contributed by atoms with Crippen LogP contribution in [-0.4, -0.2) is 17.6 Å². The molecule has 1 amide bonds. The van der Waals surface area contributed by atoms with Crippen molar-refractivity contribution < 1.29 is 9.90 Å². The maximum absolute atomic E-state index is 12.1. The Morgan fingerprint density at radius 2 is 1.61 bits per heavy atom. The monoisotopic (exact) mass is 311 g/mol. The first-order valence-corrected chi connectivity index (χ1v) is 8.03. The zero-order chi connectivity index (χ0) is 16.9. The molecule has 0 heterocycles. The topological polar surface area (TPSA) is 49.3 Å². The lowest BCUT2D eigenvalue weighted by atomic mass is 9.87. The van der Waals surface area contributed by atoms with Crippen LogP contribution in [-0.2, 0) is 11.8 Å². The summed E-state index contributed by atoms with van der Waals surface area (Å²) < 4.78 is 0. The standard InChI is InChI=1S/C20H25NO2/c1-20(2,3)17-10-8-16(9-11-17)19(23)21-14-4-5-15-6-12-18(22)13-7-15/h6-13,22H,4-5,14H2,1-3H3,(H,21,23). The Labute approximate surface area is 138 Å². The Bertz CT molecular complexity index is 637. The van der Waals surface area contributed by atoms with Gasteiger partial charge in [0.2, 0.25) is 0 Å². The molecule has 0 radical (unpaired) electrons. The van der Waals surface area contributed by atoms with E-state index in [-0.39, 0.29) is 17.1 Å². The number of carbonyl (C=O) groups excluding carboxylic acids is 1. The summed E-state index contributed by atoms with van der Waals surface area (Å²) in [7, 11) is 0. The summed E-state index contributed by atoms with van der Waals surface area (Å²) in [6.45, 7) is 7.11. The summed E-state index contributed by atoms with van der Waals surface area (Å²) in [6.07, 6.45) is 1.75. The van der Waals surface area contributed by atoms with Crippen molar-refractivity contribution in [2.75, 3.05) is 6.54 Å². The van der Waals surface area contributed by atoms with E-state index in [2.05, 4.69) is 26.1 Å². The van der Waals surface area contributed by atoms with E-state index in [4.69, 9.17) is 0 Å². The quantitative estimate of drug-likeness (QED) is 0.818. The molecule has 0 aliphatic carbocycles. The molecule has 2 rings (SSSR count). The number of carbonyl (C=O) groups is 1. The SMILES string of the molecule is CC(C)(C)c1ccc(C(=O)NCCCc2ccc(O)cc2)cc1. The lowest BCUT2D eigenvalue weighted by molar-refractivity contribution is 0.0953. The van der Waals surface area contributed by atoms with Crippen LogP contribution < -0.4 is 5.32 Å². The summed E-state index contributed by atoms with van der Waals surface area (Å²) in [5.74, 6) is 0.247. The number of phenols is 1. The molecular formula is C20H25NO2. The molecule has 23 heavy (non-hydrogen) atoms. The first-order chi connectivity index (χ1) is 10.9. The number of phenolic OH excluding ortho intramolecular Hbond substituents is 1. The third-order valence-corrected chi connectivity index (χ3v) is 3.88. The summed E-state index contributed by atoms with van der Waals surface area (Å²) in [4.78, 5) is 12.1. The van der Waals surface area contributed by atoms with E-state index in [1.54, 1.807) is 12.1 Å². The maximum atomic E-state index is 12.1. The van der Waals surface area contributed by atoms with Crippen molar-refractivity contribution in [3.8, 4) is 5.75 Å². The van der Waals surface area contributed by atoms with Crippen LogP contribution in [0.2, 0.25) is 0 Å². The number of rotatable bonds is 5. The smallest absolute Gasteiger partial charge is 0.251 e. The fraction of sp³-hybridized carbons (Fsp3) is 0.350. The van der Waals surface area contributed by atoms with Crippen LogP contribution in [0.25, 0.3) is 0 Å². The Morgan fingerprint density at radius 3 is 2.17 bits per heavy atom. The molecule has 2 aromatic carbocycles. The summed E-state index contributed by atoms with van der Waals surface area (Å²) in [6, 6.07) is 15.0. The summed E-state index contributed by atoms with van der Waals surface area (Å²) >= 11 is 0. The van der Waals surface area contributed by atoms with E-state index in [1.165, 1.54) is 5.56 Å². The molecule has 0 saturated carbocycles. The van der Waals surface area contributed by atoms with Gasteiger partial charge in [0.1, 0.15) is 5.75 Å². The highest BCUT2D eigenvalue weighted by Crippen LogP contribution is 2.22. The maximum Gasteiger partial charge on any atom is 0.251 e. The molecule has 122 valence electrons. The van der Waals surface area contributed by atoms with Crippen molar-refractivity contribution in [2.24, 2.45) is 0 Å². The molecule has 0 aromatic heterocycles. The summed E-state index contributed by atoms with van der Waals surface area (Å²) in [5.41, 5.74) is 3.18. The number of amides is 1. The van der Waals surface area contributed by atoms with Crippen LogP contribution in [0, 0.1) is 0 Å². The van der Waals surface area contributed by atoms with Gasteiger partial charge in [-0.15, -0.1) is 0 Å². The molecular weight excluding hydrogens is 286 g/mol. The average molecular weight is 311 g/mol. The van der Waals surface area contributed by atoms with Crippen LogP contribution in [0.4, 0.5) is 0 Å². The van der Waals surface area contributed by atoms with Crippen LogP contribution in [0.3, 0.4) is 0 Å². The van der Waals surface area contributed by atoms with Crippen LogP contribution in [0.5, 0.6) is 5.75 Å². The van der Waals surface area contributed by atoms with Gasteiger partial charge in [-0.2, -0.15) is 0 Å². The second kappa shape index (κ2) is 7.32. The minimum Gasteiger partial charge on any atom is -0.508 e. The fourth-order valence-corrected chi connectivity index (χ4v) is 2.38. The van der Waals surface area contributed by atoms with Gasteiger partial charge in [0.05, 0.1) is 0 Å². The Morgan fingerprint density at radius 1 is 1.00 bits per heavy atom. The number of hydrogen-bond acceptors (Lipinski definition) is 2. The molecule has 0 bridgehead atoms. The van der Waals surface area contributed by atoms with E-state index in [0.717, 1.165) is 18.4 Å². The van der Waals surface area contributed by atoms with Crippen molar-refractivity contribution >= 4 is 5.91 Å². The van der Waals surface area contributed by atoms with Gasteiger partial charge in [-0.1, -0.05) is 45.0 Å². The molecule has 0 saturated heterocycles. The van der Waals surface area contributed by atoms with Gasteiger partial charge in [-0.05, 0) is 53.6 Å². The van der Waals surface area contributed by atoms with Gasteiger partial charge in [0, 0.05) is 12.1 Å². The predicted molar refractivity (Wildman–Crippen MR) is 93.9 cm³/mol. The largest absolute Gasteiger partial charge is 0.508 e. The van der Waals surface area contributed by atoms with Gasteiger partial charge in [0.25, 0.3) is 5.91 Å². The van der Waals surface area contributed by atoms with Crippen LogP contribution >= 0.6 is 0 Å². The molecule has 0 spiro atoms. The Balaban J connectivity index is 1.79. The highest BCUT2D eigenvalue weighted by Gasteiger charge is 2.14. The highest BCUT2D eigenvalue weighted by molar-refractivity contribution is 5.94. The third kappa shape index (κ3) is 5.13. The van der Waals surface area contributed by atoms with E-state index in [9.17, 15) is 9.90 Å². The molecule has 0 aliphatic heterocycles. The first-order valence-electron chi connectivity index (χ1n) is 8.03. The highest BCUT2D eigenvalue weighted by atomic mass is 16.3. The lowest BCUT2D eigenvalue weighted by Crippen LogP contribution is -2.25. The van der Waals surface area contributed by atoms with E-state index in [0.29, 0.717) is 12.1 Å². The second-order valence-electron chi connectivity index (χ2n) is 6.85. The zero-order valence-electron chi connectivity index (χ0n) is 14.1. The van der Waals surface area contributed by atoms with E-state index in [1.807, 2.05) is 36.4 Å². The number of benzene rings is 2. The van der Waals surface area contributed by atoms with Gasteiger partial charge in [-0.3, -0.25) is 4.79 Å². The number of aryl methyl sites for hydroxylation is 1. The first kappa shape index (κ1) is 17.1. The van der Waals surface area contributed by atoms with Crippen LogP contribution in [0.1, 0.15) is 48.7 Å². The van der Waals surface area contributed by atoms with Gasteiger partial charge in [0.15, 0.2) is 0 Å². The molecule has 2 N–H and O–H groups in total. The third-order valence-electron chi connectivity index (χ3n) is 3.88. The second-order valence-corrected chi connectivity index (χ2v) is 6.85. The molecule has 3 nitrogen and oxygen atoms in total. The zero-order valence-corrected chi connectivity index (χ0v) is 14.1. The van der Waals surface area contributed by atoms with Crippen molar-refractivity contribution in [1.82, 2.24) is 5.32 Å². The fourth-order valence-electron chi connectivity index (χ4n) is 2.38. The van der Waals surface area contributed by atoms with E-state index >= 15 is 0 Å². The predicted octanol–water partition coefficient (Wildman–Crippen LogP) is 4.05. The van der Waals surface area contributed by atoms with Crippen molar-refractivity contribution in [3.05, 3.63) is 65.2 Å². The van der Waals surface area contributed by atoms with Crippen molar-refractivity contribution in [2.45, 2.75) is 39.0 Å². The number of nitrogens with one attached hydrogen (secondary N) is 1. The molecule has 0 atom stereocenters. The lowest BCUT2D eigenvalue weighted by Gasteiger charge is -2.19. The van der Waals surface area contributed by atoms with Gasteiger partial charge < -0.3 is 10.4 Å². The number of aromatic hydroxyl groups is 1. The van der Waals surface area contributed by atoms with Crippen molar-refractivity contribution in [3.63, 3.8) is 0 Å². The molecule has 0 aliphatic rings. The van der Waals surface area contributed by atoms with Crippen molar-refractivity contribution in [1.29, 1.82) is 0 Å².